The Bertz CT molecular complexity index is 895. The minimum Gasteiger partial charge on any atom is -0.175 e. The third kappa shape index (κ3) is 6.37. The van der Waals surface area contributed by atoms with Crippen LogP contribution < -0.4 is 4.90 Å². The SMILES string of the molecule is C[N+](C)CC1CC(CCc2ccccc2)CC=C1c1cc(C(F)(F)F)cc(C(F)(F)F)c1. The lowest BCUT2D eigenvalue weighted by Crippen LogP contribution is -2.30. The van der Waals surface area contributed by atoms with Gasteiger partial charge in [0, 0.05) is 5.92 Å². The van der Waals surface area contributed by atoms with Gasteiger partial charge in [-0.1, -0.05) is 36.4 Å². The summed E-state index contributed by atoms with van der Waals surface area (Å²) in [6.45, 7) is 0.561. The Morgan fingerprint density at radius 2 is 1.47 bits per heavy atom. The predicted octanol–water partition coefficient (Wildman–Crippen LogP) is 7.17. The summed E-state index contributed by atoms with van der Waals surface area (Å²) in [6, 6.07) is 11.9. The van der Waals surface area contributed by atoms with E-state index >= 15 is 0 Å². The number of alkyl halides is 6. The maximum atomic E-state index is 13.3. The van der Waals surface area contributed by atoms with Crippen LogP contribution in [-0.4, -0.2) is 20.6 Å². The quantitative estimate of drug-likeness (QED) is 0.322. The van der Waals surface area contributed by atoms with E-state index < -0.39 is 23.5 Å². The molecule has 1 radical (unpaired) electrons. The van der Waals surface area contributed by atoms with Crippen molar-refractivity contribution in [3.63, 3.8) is 0 Å². The minimum atomic E-state index is -4.85. The fraction of sp³-hybridized carbons (Fsp3) is 0.440. The van der Waals surface area contributed by atoms with E-state index in [9.17, 15) is 26.3 Å². The zero-order valence-electron chi connectivity index (χ0n) is 18.1. The van der Waals surface area contributed by atoms with Gasteiger partial charge in [-0.3, -0.25) is 0 Å². The number of rotatable bonds is 6. The lowest BCUT2D eigenvalue weighted by Gasteiger charge is -2.30. The lowest BCUT2D eigenvalue weighted by atomic mass is 9.76. The molecule has 0 aliphatic heterocycles. The minimum absolute atomic E-state index is 0.0144. The van der Waals surface area contributed by atoms with Crippen molar-refractivity contribution in [3.8, 4) is 0 Å². The molecule has 0 saturated carbocycles. The summed E-state index contributed by atoms with van der Waals surface area (Å²) < 4.78 is 80.0. The molecule has 0 aromatic heterocycles. The van der Waals surface area contributed by atoms with E-state index in [0.717, 1.165) is 31.4 Å². The summed E-state index contributed by atoms with van der Waals surface area (Å²) in [5, 5.41) is 0. The molecule has 3 rings (SSSR count). The molecule has 1 aliphatic carbocycles. The van der Waals surface area contributed by atoms with Crippen molar-refractivity contribution in [2.75, 3.05) is 20.6 Å². The summed E-state index contributed by atoms with van der Waals surface area (Å²) in [5.74, 6) is 0.195. The molecule has 2 aromatic carbocycles. The molecule has 1 nitrogen and oxygen atoms in total. The standard InChI is InChI=1S/C25H27F6N/c1-32(2)16-20-12-18(9-8-17-6-4-3-5-7-17)10-11-23(20)19-13-21(24(26,27)28)15-22(14-19)25(29,30)31/h3-7,11,13-15,18,20H,8-10,12,16H2,1-2H3/q+1. The number of hydrogen-bond acceptors (Lipinski definition) is 1. The van der Waals surface area contributed by atoms with Gasteiger partial charge in [-0.2, -0.15) is 31.2 Å². The van der Waals surface area contributed by atoms with Crippen LogP contribution in [0.2, 0.25) is 0 Å². The molecule has 32 heavy (non-hydrogen) atoms. The Kier molecular flexibility index (Phi) is 7.38. The summed E-state index contributed by atoms with van der Waals surface area (Å²) in [6.07, 6.45) is -4.65. The average Bonchev–Trinajstić information content (AvgIpc) is 2.71. The molecule has 0 saturated heterocycles. The second-order valence-corrected chi connectivity index (χ2v) is 8.77. The largest absolute Gasteiger partial charge is 0.416 e. The van der Waals surface area contributed by atoms with Gasteiger partial charge in [0.05, 0.1) is 11.1 Å². The Morgan fingerprint density at radius 1 is 0.875 bits per heavy atom. The molecule has 0 amide bonds. The normalized spacial score (nSPS) is 19.8. The predicted molar refractivity (Wildman–Crippen MR) is 114 cm³/mol. The summed E-state index contributed by atoms with van der Waals surface area (Å²) >= 11 is 0. The van der Waals surface area contributed by atoms with Crippen LogP contribution in [0, 0.1) is 11.8 Å². The van der Waals surface area contributed by atoms with Crippen LogP contribution >= 0.6 is 0 Å². The van der Waals surface area contributed by atoms with Crippen LogP contribution in [0.25, 0.3) is 5.57 Å². The van der Waals surface area contributed by atoms with Crippen molar-refractivity contribution in [2.45, 2.75) is 38.0 Å². The Labute approximate surface area is 184 Å². The van der Waals surface area contributed by atoms with Gasteiger partial charge in [-0.25, -0.2) is 0 Å². The van der Waals surface area contributed by atoms with Gasteiger partial charge in [-0.15, -0.1) is 0 Å². The fourth-order valence-corrected chi connectivity index (χ4v) is 4.43. The molecule has 2 atom stereocenters. The van der Waals surface area contributed by atoms with E-state index in [-0.39, 0.29) is 17.5 Å². The molecular formula is C25H27F6N+. The highest BCUT2D eigenvalue weighted by atomic mass is 19.4. The van der Waals surface area contributed by atoms with Gasteiger partial charge >= 0.3 is 12.4 Å². The smallest absolute Gasteiger partial charge is 0.175 e. The molecule has 173 valence electrons. The third-order valence-electron chi connectivity index (χ3n) is 5.92. The lowest BCUT2D eigenvalue weighted by molar-refractivity contribution is -0.143. The zero-order valence-corrected chi connectivity index (χ0v) is 18.1. The monoisotopic (exact) mass is 455 g/mol. The first-order chi connectivity index (χ1) is 14.9. The number of halogens is 6. The van der Waals surface area contributed by atoms with Gasteiger partial charge in [0.2, 0.25) is 0 Å². The molecule has 0 bridgehead atoms. The van der Waals surface area contributed by atoms with Crippen molar-refractivity contribution in [1.29, 1.82) is 0 Å². The molecule has 0 heterocycles. The van der Waals surface area contributed by atoms with Gasteiger partial charge in [-0.05, 0) is 66.5 Å². The van der Waals surface area contributed by atoms with Crippen LogP contribution in [0.4, 0.5) is 26.3 Å². The van der Waals surface area contributed by atoms with Gasteiger partial charge in [0.1, 0.15) is 20.6 Å². The second kappa shape index (κ2) is 9.69. The zero-order chi connectivity index (χ0) is 23.5. The van der Waals surface area contributed by atoms with Crippen molar-refractivity contribution >= 4 is 5.57 Å². The highest BCUT2D eigenvalue weighted by Gasteiger charge is 2.38. The van der Waals surface area contributed by atoms with Crippen LogP contribution in [0.5, 0.6) is 0 Å². The molecule has 0 N–H and O–H groups in total. The number of benzene rings is 2. The average molecular weight is 455 g/mol. The van der Waals surface area contributed by atoms with Crippen LogP contribution in [0.1, 0.15) is 41.5 Å². The van der Waals surface area contributed by atoms with Gasteiger partial charge in [0.15, 0.2) is 0 Å². The van der Waals surface area contributed by atoms with E-state index in [1.807, 2.05) is 43.3 Å². The molecule has 7 heteroatoms. The number of hydrogen-bond donors (Lipinski definition) is 0. The van der Waals surface area contributed by atoms with Gasteiger partial charge < -0.3 is 0 Å². The number of allylic oxidation sites excluding steroid dienone is 1. The molecule has 2 aromatic rings. The first kappa shape index (κ1) is 24.4. The van der Waals surface area contributed by atoms with E-state index in [0.29, 0.717) is 24.5 Å². The van der Waals surface area contributed by atoms with Crippen molar-refractivity contribution in [3.05, 3.63) is 76.9 Å². The highest BCUT2D eigenvalue weighted by molar-refractivity contribution is 5.70. The molecule has 0 fully saturated rings. The van der Waals surface area contributed by atoms with E-state index in [1.54, 1.807) is 0 Å². The van der Waals surface area contributed by atoms with Crippen molar-refractivity contribution in [2.24, 2.45) is 11.8 Å². The molecular weight excluding hydrogens is 428 g/mol. The Balaban J connectivity index is 1.91. The highest BCUT2D eigenvalue weighted by Crippen LogP contribution is 2.42. The Morgan fingerprint density at radius 3 is 2.00 bits per heavy atom. The van der Waals surface area contributed by atoms with Gasteiger partial charge in [0.25, 0.3) is 0 Å². The summed E-state index contributed by atoms with van der Waals surface area (Å²) in [4.78, 5) is 1.93. The van der Waals surface area contributed by atoms with Crippen LogP contribution in [0.3, 0.4) is 0 Å². The van der Waals surface area contributed by atoms with E-state index in [2.05, 4.69) is 12.1 Å². The third-order valence-corrected chi connectivity index (χ3v) is 5.92. The van der Waals surface area contributed by atoms with Crippen molar-refractivity contribution in [1.82, 2.24) is 4.90 Å². The summed E-state index contributed by atoms with van der Waals surface area (Å²) in [7, 11) is 3.72. The Hall–Kier alpha value is -2.28. The van der Waals surface area contributed by atoms with Crippen LogP contribution in [-0.2, 0) is 18.8 Å². The first-order valence-electron chi connectivity index (χ1n) is 10.6. The van der Waals surface area contributed by atoms with Crippen LogP contribution in [0.15, 0.2) is 54.6 Å². The van der Waals surface area contributed by atoms with E-state index in [1.165, 1.54) is 5.56 Å². The first-order valence-corrected chi connectivity index (χ1v) is 10.6. The van der Waals surface area contributed by atoms with E-state index in [4.69, 9.17) is 0 Å². The van der Waals surface area contributed by atoms with Crippen molar-refractivity contribution < 1.29 is 26.3 Å². The topological polar surface area (TPSA) is 5.90 Å². The fourth-order valence-electron chi connectivity index (χ4n) is 4.43. The molecule has 0 spiro atoms. The second-order valence-electron chi connectivity index (χ2n) is 8.77. The molecule has 1 aliphatic rings. The maximum Gasteiger partial charge on any atom is 0.416 e. The molecule has 2 unspecified atom stereocenters. The summed E-state index contributed by atoms with van der Waals surface area (Å²) in [5.41, 5.74) is -0.720. The number of aryl methyl sites for hydroxylation is 1. The maximum absolute atomic E-state index is 13.3. The number of nitrogens with zero attached hydrogens (tertiary/aromatic N) is 1.